The lowest BCUT2D eigenvalue weighted by Gasteiger charge is -2.21. The van der Waals surface area contributed by atoms with E-state index < -0.39 is 0 Å². The number of hydrogen-bond donors (Lipinski definition) is 0. The molecule has 0 aliphatic heterocycles. The molecule has 0 fully saturated rings. The summed E-state index contributed by atoms with van der Waals surface area (Å²) in [5.74, 6) is 0.667. The number of ether oxygens (including phenoxy) is 1. The van der Waals surface area contributed by atoms with Crippen LogP contribution < -0.4 is 0 Å². The predicted octanol–water partition coefficient (Wildman–Crippen LogP) is 2.16. The number of hydrogen-bond acceptors (Lipinski definition) is 3. The van der Waals surface area contributed by atoms with E-state index in [-0.39, 0.29) is 5.41 Å². The van der Waals surface area contributed by atoms with Gasteiger partial charge in [-0.1, -0.05) is 20.8 Å². The third kappa shape index (κ3) is 3.29. The molecule has 0 saturated heterocycles. The number of rotatable bonds is 2. The smallest absolute Gasteiger partial charge is 0.120 e. The molecule has 0 rings (SSSR count). The molecule has 0 saturated carbocycles. The Morgan fingerprint density at radius 1 is 1.46 bits per heavy atom. The van der Waals surface area contributed by atoms with E-state index in [1.807, 2.05) is 20.8 Å². The highest BCUT2D eigenvalue weighted by atomic mass is 16.5. The van der Waals surface area contributed by atoms with E-state index in [1.165, 1.54) is 6.21 Å². The van der Waals surface area contributed by atoms with Gasteiger partial charge in [0.15, 0.2) is 0 Å². The summed E-state index contributed by atoms with van der Waals surface area (Å²) >= 11 is 0. The molecule has 0 atom stereocenters. The van der Waals surface area contributed by atoms with Crippen molar-refractivity contribution in [2.75, 3.05) is 14.2 Å². The van der Waals surface area contributed by atoms with Gasteiger partial charge in [0.25, 0.3) is 0 Å². The summed E-state index contributed by atoms with van der Waals surface area (Å²) in [6, 6.07) is 2.07. The van der Waals surface area contributed by atoms with Crippen LogP contribution in [0.2, 0.25) is 0 Å². The second-order valence-corrected chi connectivity index (χ2v) is 3.70. The van der Waals surface area contributed by atoms with Gasteiger partial charge < -0.3 is 4.74 Å². The SMILES string of the molecule is CN=CC(C#N)=C(OC)C(C)(C)C. The summed E-state index contributed by atoms with van der Waals surface area (Å²) in [5, 5.41) is 8.84. The van der Waals surface area contributed by atoms with Crippen LogP contribution in [-0.2, 0) is 4.74 Å². The van der Waals surface area contributed by atoms with E-state index >= 15 is 0 Å². The van der Waals surface area contributed by atoms with Gasteiger partial charge >= 0.3 is 0 Å². The molecule has 0 spiro atoms. The molecule has 0 unspecified atom stereocenters. The van der Waals surface area contributed by atoms with Crippen LogP contribution in [-0.4, -0.2) is 20.4 Å². The lowest BCUT2D eigenvalue weighted by molar-refractivity contribution is 0.205. The molecular weight excluding hydrogens is 164 g/mol. The highest BCUT2D eigenvalue weighted by Crippen LogP contribution is 2.27. The maximum Gasteiger partial charge on any atom is 0.120 e. The average Bonchev–Trinajstić information content (AvgIpc) is 2.01. The first-order chi connectivity index (χ1) is 5.97. The predicted molar refractivity (Wildman–Crippen MR) is 53.5 cm³/mol. The number of allylic oxidation sites excluding steroid dienone is 2. The van der Waals surface area contributed by atoms with Gasteiger partial charge in [0.2, 0.25) is 0 Å². The van der Waals surface area contributed by atoms with Gasteiger partial charge in [0.1, 0.15) is 17.4 Å². The van der Waals surface area contributed by atoms with Gasteiger partial charge in [-0.2, -0.15) is 5.26 Å². The van der Waals surface area contributed by atoms with E-state index in [0.29, 0.717) is 11.3 Å². The zero-order valence-corrected chi connectivity index (χ0v) is 8.88. The molecule has 0 N–H and O–H groups in total. The lowest BCUT2D eigenvalue weighted by atomic mass is 9.91. The molecule has 0 amide bonds. The number of methoxy groups -OCH3 is 1. The molecule has 13 heavy (non-hydrogen) atoms. The van der Waals surface area contributed by atoms with Crippen molar-refractivity contribution < 1.29 is 4.74 Å². The topological polar surface area (TPSA) is 45.4 Å². The summed E-state index contributed by atoms with van der Waals surface area (Å²) in [7, 11) is 3.20. The van der Waals surface area contributed by atoms with E-state index in [4.69, 9.17) is 10.00 Å². The Hall–Kier alpha value is -1.30. The summed E-state index contributed by atoms with van der Waals surface area (Å²) in [5.41, 5.74) is 0.318. The van der Waals surface area contributed by atoms with Crippen molar-refractivity contribution in [1.82, 2.24) is 0 Å². The molecule has 3 heteroatoms. The largest absolute Gasteiger partial charge is 0.499 e. The van der Waals surface area contributed by atoms with Gasteiger partial charge in [0.05, 0.1) is 7.11 Å². The van der Waals surface area contributed by atoms with Crippen LogP contribution in [0, 0.1) is 16.7 Å². The van der Waals surface area contributed by atoms with Crippen molar-refractivity contribution >= 4 is 6.21 Å². The fraction of sp³-hybridized carbons (Fsp3) is 0.600. The molecule has 0 bridgehead atoms. The summed E-state index contributed by atoms with van der Waals surface area (Å²) in [6.45, 7) is 5.98. The Morgan fingerprint density at radius 2 is 2.00 bits per heavy atom. The first-order valence-electron chi connectivity index (χ1n) is 4.08. The van der Waals surface area contributed by atoms with Gasteiger partial charge in [-0.25, -0.2) is 0 Å². The molecular formula is C10H16N2O. The summed E-state index contributed by atoms with van der Waals surface area (Å²) in [6.07, 6.45) is 1.52. The van der Waals surface area contributed by atoms with Crippen LogP contribution in [0.3, 0.4) is 0 Å². The van der Waals surface area contributed by atoms with E-state index in [9.17, 15) is 0 Å². The van der Waals surface area contributed by atoms with Gasteiger partial charge in [-0.3, -0.25) is 4.99 Å². The maximum atomic E-state index is 8.84. The quantitative estimate of drug-likeness (QED) is 0.371. The Morgan fingerprint density at radius 3 is 2.23 bits per heavy atom. The summed E-state index contributed by atoms with van der Waals surface area (Å²) in [4.78, 5) is 3.80. The first kappa shape index (κ1) is 11.7. The van der Waals surface area contributed by atoms with Gasteiger partial charge in [-0.15, -0.1) is 0 Å². The maximum absolute atomic E-state index is 8.84. The van der Waals surface area contributed by atoms with Crippen molar-refractivity contribution in [2.45, 2.75) is 20.8 Å². The van der Waals surface area contributed by atoms with Crippen molar-refractivity contribution in [3.8, 4) is 6.07 Å². The second-order valence-electron chi connectivity index (χ2n) is 3.70. The molecule has 72 valence electrons. The minimum atomic E-state index is -0.166. The van der Waals surface area contributed by atoms with Crippen molar-refractivity contribution in [2.24, 2.45) is 10.4 Å². The highest BCUT2D eigenvalue weighted by molar-refractivity contribution is 5.84. The zero-order valence-electron chi connectivity index (χ0n) is 8.88. The highest BCUT2D eigenvalue weighted by Gasteiger charge is 2.21. The van der Waals surface area contributed by atoms with Crippen LogP contribution in [0.4, 0.5) is 0 Å². The Balaban J connectivity index is 5.22. The normalized spacial score (nSPS) is 13.8. The summed E-state index contributed by atoms with van der Waals surface area (Å²) < 4.78 is 5.19. The standard InChI is InChI=1S/C10H16N2O/c1-10(2,3)9(13-5)8(6-11)7-12-4/h7H,1-5H3. The number of aliphatic imine (C=N–C) groups is 1. The zero-order chi connectivity index (χ0) is 10.5. The van der Waals surface area contributed by atoms with Gasteiger partial charge in [-0.05, 0) is 0 Å². The Kier molecular flexibility index (Phi) is 4.19. The molecule has 0 aromatic carbocycles. The van der Waals surface area contributed by atoms with Crippen molar-refractivity contribution in [3.05, 3.63) is 11.3 Å². The number of nitrogens with zero attached hydrogens (tertiary/aromatic N) is 2. The lowest BCUT2D eigenvalue weighted by Crippen LogP contribution is -2.14. The van der Waals surface area contributed by atoms with E-state index in [1.54, 1.807) is 14.2 Å². The van der Waals surface area contributed by atoms with Crippen LogP contribution in [0.15, 0.2) is 16.3 Å². The fourth-order valence-corrected chi connectivity index (χ4v) is 1.09. The molecule has 0 aliphatic rings. The van der Waals surface area contributed by atoms with Crippen LogP contribution in [0.1, 0.15) is 20.8 Å². The fourth-order valence-electron chi connectivity index (χ4n) is 1.09. The molecule has 0 radical (unpaired) electrons. The third-order valence-corrected chi connectivity index (χ3v) is 1.51. The Labute approximate surface area is 79.7 Å². The first-order valence-corrected chi connectivity index (χ1v) is 4.08. The average molecular weight is 180 g/mol. The van der Waals surface area contributed by atoms with E-state index in [0.717, 1.165) is 0 Å². The minimum Gasteiger partial charge on any atom is -0.499 e. The Bertz CT molecular complexity index is 264. The molecule has 0 heterocycles. The van der Waals surface area contributed by atoms with Crippen LogP contribution in [0.25, 0.3) is 0 Å². The third-order valence-electron chi connectivity index (χ3n) is 1.51. The molecule has 0 aromatic rings. The van der Waals surface area contributed by atoms with Gasteiger partial charge in [0, 0.05) is 18.7 Å². The minimum absolute atomic E-state index is 0.166. The second kappa shape index (κ2) is 4.66. The molecule has 3 nitrogen and oxygen atoms in total. The number of nitriles is 1. The molecule has 0 aromatic heterocycles. The van der Waals surface area contributed by atoms with Crippen molar-refractivity contribution in [1.29, 1.82) is 5.26 Å². The van der Waals surface area contributed by atoms with E-state index in [2.05, 4.69) is 11.1 Å². The monoisotopic (exact) mass is 180 g/mol. The molecule has 0 aliphatic carbocycles. The van der Waals surface area contributed by atoms with Crippen LogP contribution >= 0.6 is 0 Å². The van der Waals surface area contributed by atoms with Crippen LogP contribution in [0.5, 0.6) is 0 Å². The van der Waals surface area contributed by atoms with Crippen molar-refractivity contribution in [3.63, 3.8) is 0 Å².